The zero-order valence-corrected chi connectivity index (χ0v) is 11.6. The fourth-order valence-corrected chi connectivity index (χ4v) is 3.34. The molecule has 5 nitrogen and oxygen atoms in total. The first-order valence-electron chi connectivity index (χ1n) is 5.13. The van der Waals surface area contributed by atoms with Crippen molar-refractivity contribution in [1.29, 1.82) is 0 Å². The predicted molar refractivity (Wildman–Crippen MR) is 71.3 cm³/mol. The van der Waals surface area contributed by atoms with Crippen molar-refractivity contribution in [1.82, 2.24) is 9.78 Å². The Kier molecular flexibility index (Phi) is 3.36. The maximum Gasteiger partial charge on any atom is 0.177 e. The lowest BCUT2D eigenvalue weighted by molar-refractivity contribution is 0.602. The first-order valence-corrected chi connectivity index (χ1v) is 7.84. The second kappa shape index (κ2) is 4.66. The number of nitrogens with two attached hydrogens (primary N) is 1. The highest BCUT2D eigenvalue weighted by Gasteiger charge is 2.14. The molecule has 2 rings (SSSR count). The average Bonchev–Trinajstić information content (AvgIpc) is 2.65. The van der Waals surface area contributed by atoms with Crippen LogP contribution >= 0.6 is 11.8 Å². The monoisotopic (exact) mass is 283 g/mol. The standard InChI is InChI=1S/C11H13N3O2S2/c1-14-7-8(6-13-14)17-9-4-3-5-10(11(9)12)18(2,15)16/h3-7H,12H2,1-2H3. The van der Waals surface area contributed by atoms with Gasteiger partial charge in [-0.2, -0.15) is 5.10 Å². The molecule has 2 N–H and O–H groups in total. The summed E-state index contributed by atoms with van der Waals surface area (Å²) in [5.41, 5.74) is 6.18. The number of hydrogen-bond acceptors (Lipinski definition) is 5. The summed E-state index contributed by atoms with van der Waals surface area (Å²) in [6, 6.07) is 4.99. The van der Waals surface area contributed by atoms with Crippen LogP contribution in [0.1, 0.15) is 0 Å². The van der Waals surface area contributed by atoms with E-state index in [9.17, 15) is 8.42 Å². The summed E-state index contributed by atoms with van der Waals surface area (Å²) < 4.78 is 24.8. The molecule has 0 bridgehead atoms. The second-order valence-corrected chi connectivity index (χ2v) is 6.99. The van der Waals surface area contributed by atoms with Crippen LogP contribution in [0.5, 0.6) is 0 Å². The van der Waals surface area contributed by atoms with Crippen molar-refractivity contribution >= 4 is 27.3 Å². The Balaban J connectivity index is 2.41. The molecule has 0 saturated heterocycles. The van der Waals surface area contributed by atoms with E-state index in [-0.39, 0.29) is 10.6 Å². The molecule has 1 heterocycles. The molecular formula is C11H13N3O2S2. The van der Waals surface area contributed by atoms with Crippen LogP contribution in [0.3, 0.4) is 0 Å². The van der Waals surface area contributed by atoms with Gasteiger partial charge < -0.3 is 5.73 Å². The fourth-order valence-electron chi connectivity index (χ4n) is 1.51. The zero-order valence-electron chi connectivity index (χ0n) is 9.99. The van der Waals surface area contributed by atoms with Crippen molar-refractivity contribution in [2.75, 3.05) is 12.0 Å². The molecule has 0 spiro atoms. The van der Waals surface area contributed by atoms with Gasteiger partial charge in [0, 0.05) is 24.4 Å². The molecule has 0 atom stereocenters. The molecule has 1 aromatic carbocycles. The van der Waals surface area contributed by atoms with Gasteiger partial charge in [0.25, 0.3) is 0 Å². The quantitative estimate of drug-likeness (QED) is 0.865. The summed E-state index contributed by atoms with van der Waals surface area (Å²) in [7, 11) is -1.48. The number of benzene rings is 1. The molecule has 0 amide bonds. The maximum atomic E-state index is 11.6. The number of sulfone groups is 1. The van der Waals surface area contributed by atoms with Crippen LogP contribution in [0.15, 0.2) is 45.3 Å². The van der Waals surface area contributed by atoms with E-state index in [1.807, 2.05) is 13.2 Å². The molecule has 1 aromatic heterocycles. The van der Waals surface area contributed by atoms with Gasteiger partial charge in [0.1, 0.15) is 0 Å². The van der Waals surface area contributed by atoms with Gasteiger partial charge >= 0.3 is 0 Å². The Hall–Kier alpha value is -1.47. The van der Waals surface area contributed by atoms with E-state index < -0.39 is 9.84 Å². The lowest BCUT2D eigenvalue weighted by atomic mass is 10.3. The van der Waals surface area contributed by atoms with Crippen LogP contribution in [-0.4, -0.2) is 24.5 Å². The normalized spacial score (nSPS) is 11.7. The van der Waals surface area contributed by atoms with Gasteiger partial charge in [-0.25, -0.2) is 8.42 Å². The third-order valence-electron chi connectivity index (χ3n) is 2.33. The van der Waals surface area contributed by atoms with Gasteiger partial charge in [-0.05, 0) is 12.1 Å². The van der Waals surface area contributed by atoms with E-state index in [1.54, 1.807) is 23.0 Å². The predicted octanol–water partition coefficient (Wildman–Crippen LogP) is 1.56. The molecule has 7 heteroatoms. The van der Waals surface area contributed by atoms with E-state index >= 15 is 0 Å². The highest BCUT2D eigenvalue weighted by Crippen LogP contribution is 2.34. The summed E-state index contributed by atoms with van der Waals surface area (Å²) >= 11 is 1.39. The van der Waals surface area contributed by atoms with Crippen LogP contribution in [-0.2, 0) is 16.9 Å². The lowest BCUT2D eigenvalue weighted by Crippen LogP contribution is -2.03. The summed E-state index contributed by atoms with van der Waals surface area (Å²) in [5.74, 6) is 0. The molecule has 0 aliphatic carbocycles. The summed E-state index contributed by atoms with van der Waals surface area (Å²) in [5, 5.41) is 4.05. The second-order valence-electron chi connectivity index (χ2n) is 3.89. The Labute approximate surface area is 110 Å². The molecule has 0 unspecified atom stereocenters. The number of hydrogen-bond donors (Lipinski definition) is 1. The van der Waals surface area contributed by atoms with Crippen molar-refractivity contribution in [3.8, 4) is 0 Å². The SMILES string of the molecule is Cn1cc(Sc2cccc(S(C)(=O)=O)c2N)cn1. The van der Waals surface area contributed by atoms with E-state index in [1.165, 1.54) is 17.8 Å². The highest BCUT2D eigenvalue weighted by molar-refractivity contribution is 7.99. The van der Waals surface area contributed by atoms with E-state index in [0.29, 0.717) is 4.90 Å². The van der Waals surface area contributed by atoms with Crippen LogP contribution in [0.2, 0.25) is 0 Å². The van der Waals surface area contributed by atoms with Crippen LogP contribution in [0.4, 0.5) is 5.69 Å². The third-order valence-corrected chi connectivity index (χ3v) is 4.51. The number of anilines is 1. The number of aryl methyl sites for hydroxylation is 1. The van der Waals surface area contributed by atoms with Crippen molar-refractivity contribution < 1.29 is 8.42 Å². The fraction of sp³-hybridized carbons (Fsp3) is 0.182. The smallest absolute Gasteiger partial charge is 0.177 e. The molecule has 96 valence electrons. The topological polar surface area (TPSA) is 78.0 Å². The Bertz CT molecular complexity index is 677. The van der Waals surface area contributed by atoms with Crippen molar-refractivity contribution in [3.05, 3.63) is 30.6 Å². The molecule has 0 radical (unpaired) electrons. The van der Waals surface area contributed by atoms with E-state index in [4.69, 9.17) is 5.73 Å². The summed E-state index contributed by atoms with van der Waals surface area (Å²) in [6.07, 6.45) is 4.70. The Morgan fingerprint density at radius 1 is 1.39 bits per heavy atom. The van der Waals surface area contributed by atoms with Crippen molar-refractivity contribution in [3.63, 3.8) is 0 Å². The number of para-hydroxylation sites is 1. The van der Waals surface area contributed by atoms with Gasteiger partial charge in [0.05, 0.1) is 21.7 Å². The van der Waals surface area contributed by atoms with Gasteiger partial charge in [-0.1, -0.05) is 17.8 Å². The lowest BCUT2D eigenvalue weighted by Gasteiger charge is -2.08. The van der Waals surface area contributed by atoms with Gasteiger partial charge in [0.2, 0.25) is 0 Å². The Morgan fingerprint density at radius 3 is 2.67 bits per heavy atom. The largest absolute Gasteiger partial charge is 0.397 e. The zero-order chi connectivity index (χ0) is 13.3. The molecule has 0 aliphatic rings. The number of rotatable bonds is 3. The van der Waals surface area contributed by atoms with Crippen molar-refractivity contribution in [2.45, 2.75) is 14.7 Å². The van der Waals surface area contributed by atoms with Gasteiger partial charge in [-0.3, -0.25) is 4.68 Å². The van der Waals surface area contributed by atoms with Crippen LogP contribution in [0, 0.1) is 0 Å². The van der Waals surface area contributed by atoms with Crippen molar-refractivity contribution in [2.24, 2.45) is 7.05 Å². The summed E-state index contributed by atoms with van der Waals surface area (Å²) in [4.78, 5) is 1.79. The van der Waals surface area contributed by atoms with Gasteiger partial charge in [-0.15, -0.1) is 0 Å². The van der Waals surface area contributed by atoms with Gasteiger partial charge in [0.15, 0.2) is 9.84 Å². The molecule has 2 aromatic rings. The third kappa shape index (κ3) is 2.68. The molecule has 0 aliphatic heterocycles. The maximum absolute atomic E-state index is 11.6. The minimum absolute atomic E-state index is 0.163. The van der Waals surface area contributed by atoms with Crippen LogP contribution < -0.4 is 5.73 Å². The average molecular weight is 283 g/mol. The minimum Gasteiger partial charge on any atom is -0.397 e. The first kappa shape index (κ1) is 13.0. The minimum atomic E-state index is -3.30. The molecule has 0 saturated carbocycles. The summed E-state index contributed by atoms with van der Waals surface area (Å²) in [6.45, 7) is 0. The molecular weight excluding hydrogens is 270 g/mol. The molecule has 0 fully saturated rings. The van der Waals surface area contributed by atoms with E-state index in [0.717, 1.165) is 11.2 Å². The number of nitrogens with zero attached hydrogens (tertiary/aromatic N) is 2. The Morgan fingerprint density at radius 2 is 2.11 bits per heavy atom. The first-order chi connectivity index (χ1) is 8.38. The number of nitrogen functional groups attached to an aromatic ring is 1. The number of aromatic nitrogens is 2. The van der Waals surface area contributed by atoms with Crippen LogP contribution in [0.25, 0.3) is 0 Å². The van der Waals surface area contributed by atoms with E-state index in [2.05, 4.69) is 5.10 Å². The molecule has 18 heavy (non-hydrogen) atoms. The highest BCUT2D eigenvalue weighted by atomic mass is 32.2.